The van der Waals surface area contributed by atoms with E-state index >= 15 is 0 Å². The smallest absolute Gasteiger partial charge is 0.248 e. The molecule has 0 saturated carbocycles. The maximum Gasteiger partial charge on any atom is 0.248 e. The number of carbonyl (C=O) groups is 1. The first-order valence-electron chi connectivity index (χ1n) is 6.71. The van der Waals surface area contributed by atoms with Crippen LogP contribution in [0.15, 0.2) is 35.9 Å². The van der Waals surface area contributed by atoms with E-state index in [0.29, 0.717) is 6.04 Å². The van der Waals surface area contributed by atoms with Gasteiger partial charge in [-0.25, -0.2) is 0 Å². The summed E-state index contributed by atoms with van der Waals surface area (Å²) in [6.07, 6.45) is 1.61. The second-order valence-corrected chi connectivity index (χ2v) is 5.34. The molecule has 1 rings (SSSR count). The van der Waals surface area contributed by atoms with Crippen LogP contribution in [0, 0.1) is 0 Å². The third-order valence-corrected chi connectivity index (χ3v) is 2.69. The van der Waals surface area contributed by atoms with Gasteiger partial charge in [0.05, 0.1) is 0 Å². The van der Waals surface area contributed by atoms with Crippen molar-refractivity contribution < 1.29 is 4.79 Å². The fourth-order valence-electron chi connectivity index (χ4n) is 2.01. The molecular weight excluding hydrogens is 236 g/mol. The molecule has 0 radical (unpaired) electrons. The standard InChI is InChI=1S/C16H24N2O/c1-11(2)10-16(19)18-15-9-7-6-8-14(15)13(5)17-12(3)4/h6-10,12-13,17H,1-5H3,(H,18,19). The number of hydrogen-bond donors (Lipinski definition) is 2. The van der Waals surface area contributed by atoms with E-state index < -0.39 is 0 Å². The van der Waals surface area contributed by atoms with Crippen LogP contribution in [0.25, 0.3) is 0 Å². The Morgan fingerprint density at radius 3 is 2.37 bits per heavy atom. The monoisotopic (exact) mass is 260 g/mol. The van der Waals surface area contributed by atoms with Gasteiger partial charge in [-0.2, -0.15) is 0 Å². The third kappa shape index (κ3) is 5.26. The number of nitrogens with one attached hydrogen (secondary N) is 2. The Bertz CT molecular complexity index is 460. The summed E-state index contributed by atoms with van der Waals surface area (Å²) in [6, 6.07) is 8.50. The van der Waals surface area contributed by atoms with Crippen molar-refractivity contribution >= 4 is 11.6 Å². The first-order valence-corrected chi connectivity index (χ1v) is 6.71. The predicted octanol–water partition coefficient (Wildman–Crippen LogP) is 3.65. The number of allylic oxidation sites excluding steroid dienone is 1. The number of amides is 1. The number of anilines is 1. The van der Waals surface area contributed by atoms with Crippen LogP contribution >= 0.6 is 0 Å². The summed E-state index contributed by atoms with van der Waals surface area (Å²) >= 11 is 0. The third-order valence-electron chi connectivity index (χ3n) is 2.69. The van der Waals surface area contributed by atoms with Crippen molar-refractivity contribution in [1.82, 2.24) is 5.32 Å². The average molecular weight is 260 g/mol. The molecule has 0 aliphatic heterocycles. The molecule has 3 nitrogen and oxygen atoms in total. The normalized spacial score (nSPS) is 12.1. The lowest BCUT2D eigenvalue weighted by Gasteiger charge is -2.20. The number of hydrogen-bond acceptors (Lipinski definition) is 2. The predicted molar refractivity (Wildman–Crippen MR) is 81.2 cm³/mol. The molecule has 0 spiro atoms. The second-order valence-electron chi connectivity index (χ2n) is 5.34. The highest BCUT2D eigenvalue weighted by molar-refractivity contribution is 6.00. The largest absolute Gasteiger partial charge is 0.322 e. The minimum Gasteiger partial charge on any atom is -0.322 e. The summed E-state index contributed by atoms with van der Waals surface area (Å²) in [4.78, 5) is 11.8. The molecule has 1 aromatic carbocycles. The summed E-state index contributed by atoms with van der Waals surface area (Å²) in [7, 11) is 0. The molecule has 2 N–H and O–H groups in total. The minimum atomic E-state index is -0.0794. The van der Waals surface area contributed by atoms with E-state index in [9.17, 15) is 4.79 Å². The Labute approximate surface area is 116 Å². The van der Waals surface area contributed by atoms with Crippen molar-refractivity contribution in [2.24, 2.45) is 0 Å². The molecule has 104 valence electrons. The van der Waals surface area contributed by atoms with Crippen LogP contribution < -0.4 is 10.6 Å². The van der Waals surface area contributed by atoms with Crippen LogP contribution in [0.1, 0.15) is 46.2 Å². The van der Waals surface area contributed by atoms with Gasteiger partial charge in [-0.05, 0) is 32.4 Å². The van der Waals surface area contributed by atoms with Crippen LogP contribution in [0.2, 0.25) is 0 Å². The van der Waals surface area contributed by atoms with Crippen LogP contribution in [-0.2, 0) is 4.79 Å². The first kappa shape index (κ1) is 15.4. The van der Waals surface area contributed by atoms with Gasteiger partial charge in [0.25, 0.3) is 0 Å². The SMILES string of the molecule is CC(C)=CC(=O)Nc1ccccc1C(C)NC(C)C. The van der Waals surface area contributed by atoms with Crippen LogP contribution in [-0.4, -0.2) is 11.9 Å². The zero-order valence-electron chi connectivity index (χ0n) is 12.4. The van der Waals surface area contributed by atoms with Gasteiger partial charge in [0.1, 0.15) is 0 Å². The molecule has 1 atom stereocenters. The zero-order chi connectivity index (χ0) is 14.4. The highest BCUT2D eigenvalue weighted by atomic mass is 16.1. The quantitative estimate of drug-likeness (QED) is 0.793. The lowest BCUT2D eigenvalue weighted by atomic mass is 10.1. The van der Waals surface area contributed by atoms with E-state index in [2.05, 4.69) is 31.4 Å². The fraction of sp³-hybridized carbons (Fsp3) is 0.438. The molecule has 0 saturated heterocycles. The molecule has 0 aliphatic rings. The van der Waals surface area contributed by atoms with E-state index in [-0.39, 0.29) is 11.9 Å². The molecule has 3 heteroatoms. The fourth-order valence-corrected chi connectivity index (χ4v) is 2.01. The highest BCUT2D eigenvalue weighted by Crippen LogP contribution is 2.23. The van der Waals surface area contributed by atoms with Crippen molar-refractivity contribution in [3.05, 3.63) is 41.5 Å². The maximum absolute atomic E-state index is 11.8. The van der Waals surface area contributed by atoms with E-state index in [1.807, 2.05) is 38.1 Å². The Morgan fingerprint density at radius 1 is 1.16 bits per heavy atom. The van der Waals surface area contributed by atoms with Gasteiger partial charge in [0.15, 0.2) is 0 Å². The van der Waals surface area contributed by atoms with E-state index in [0.717, 1.165) is 16.8 Å². The van der Waals surface area contributed by atoms with E-state index in [1.54, 1.807) is 6.08 Å². The molecule has 1 aromatic rings. The van der Waals surface area contributed by atoms with Gasteiger partial charge >= 0.3 is 0 Å². The Kier molecular flexibility index (Phi) is 5.77. The maximum atomic E-state index is 11.8. The van der Waals surface area contributed by atoms with Gasteiger partial charge in [0, 0.05) is 23.8 Å². The van der Waals surface area contributed by atoms with Crippen molar-refractivity contribution in [3.63, 3.8) is 0 Å². The molecule has 0 fully saturated rings. The highest BCUT2D eigenvalue weighted by Gasteiger charge is 2.12. The topological polar surface area (TPSA) is 41.1 Å². The van der Waals surface area contributed by atoms with Crippen LogP contribution in [0.4, 0.5) is 5.69 Å². The number of rotatable bonds is 5. The van der Waals surface area contributed by atoms with Gasteiger partial charge < -0.3 is 10.6 Å². The average Bonchev–Trinajstić information content (AvgIpc) is 2.27. The van der Waals surface area contributed by atoms with E-state index in [1.165, 1.54) is 0 Å². The summed E-state index contributed by atoms with van der Waals surface area (Å²) < 4.78 is 0. The molecule has 0 bridgehead atoms. The lowest BCUT2D eigenvalue weighted by Crippen LogP contribution is -2.27. The lowest BCUT2D eigenvalue weighted by molar-refractivity contribution is -0.111. The molecule has 0 aliphatic carbocycles. The van der Waals surface area contributed by atoms with Crippen LogP contribution in [0.5, 0.6) is 0 Å². The number of benzene rings is 1. The molecular formula is C16H24N2O. The van der Waals surface area contributed by atoms with Crippen LogP contribution in [0.3, 0.4) is 0 Å². The summed E-state index contributed by atoms with van der Waals surface area (Å²) in [5.74, 6) is -0.0794. The Morgan fingerprint density at radius 2 is 1.79 bits per heavy atom. The molecule has 0 heterocycles. The zero-order valence-corrected chi connectivity index (χ0v) is 12.4. The number of para-hydroxylation sites is 1. The second kappa shape index (κ2) is 7.10. The first-order chi connectivity index (χ1) is 8.90. The Balaban J connectivity index is 2.90. The summed E-state index contributed by atoms with van der Waals surface area (Å²) in [5, 5.41) is 6.39. The summed E-state index contributed by atoms with van der Waals surface area (Å²) in [5.41, 5.74) is 2.96. The van der Waals surface area contributed by atoms with Crippen molar-refractivity contribution in [3.8, 4) is 0 Å². The summed E-state index contributed by atoms with van der Waals surface area (Å²) in [6.45, 7) is 10.1. The molecule has 19 heavy (non-hydrogen) atoms. The van der Waals surface area contributed by atoms with E-state index in [4.69, 9.17) is 0 Å². The van der Waals surface area contributed by atoms with Gasteiger partial charge in [-0.1, -0.05) is 37.6 Å². The molecule has 1 amide bonds. The van der Waals surface area contributed by atoms with Crippen molar-refractivity contribution in [1.29, 1.82) is 0 Å². The minimum absolute atomic E-state index is 0.0794. The van der Waals surface area contributed by atoms with Crippen molar-refractivity contribution in [2.75, 3.05) is 5.32 Å². The van der Waals surface area contributed by atoms with Gasteiger partial charge in [0.2, 0.25) is 5.91 Å². The van der Waals surface area contributed by atoms with Crippen molar-refractivity contribution in [2.45, 2.75) is 46.7 Å². The van der Waals surface area contributed by atoms with Gasteiger partial charge in [-0.15, -0.1) is 0 Å². The number of carbonyl (C=O) groups excluding carboxylic acids is 1. The van der Waals surface area contributed by atoms with Gasteiger partial charge in [-0.3, -0.25) is 4.79 Å². The Hall–Kier alpha value is -1.61. The molecule has 0 aromatic heterocycles. The molecule has 1 unspecified atom stereocenters.